The number of rotatable bonds is 4. The van der Waals surface area contributed by atoms with Crippen LogP contribution in [0.3, 0.4) is 0 Å². The molecule has 0 saturated carbocycles. The smallest absolute Gasteiger partial charge is 0.311 e. The highest BCUT2D eigenvalue weighted by molar-refractivity contribution is 5.92. The van der Waals surface area contributed by atoms with Crippen molar-refractivity contribution >= 4 is 11.9 Å². The van der Waals surface area contributed by atoms with Crippen LogP contribution in [0.1, 0.15) is 29.0 Å². The second kappa shape index (κ2) is 6.92. The molecule has 0 bridgehead atoms. The van der Waals surface area contributed by atoms with Crippen molar-refractivity contribution in [3.63, 3.8) is 0 Å². The van der Waals surface area contributed by atoms with E-state index < -0.39 is 11.4 Å². The van der Waals surface area contributed by atoms with E-state index in [-0.39, 0.29) is 11.8 Å². The summed E-state index contributed by atoms with van der Waals surface area (Å²) in [6.45, 7) is 8.42. The second-order valence-corrected chi connectivity index (χ2v) is 7.04. The van der Waals surface area contributed by atoms with E-state index in [4.69, 9.17) is 0 Å². The van der Waals surface area contributed by atoms with E-state index in [2.05, 4.69) is 21.4 Å². The Morgan fingerprint density at radius 1 is 1.40 bits per heavy atom. The molecule has 1 N–H and O–H groups in total. The van der Waals surface area contributed by atoms with E-state index in [1.165, 1.54) is 6.20 Å². The average Bonchev–Trinajstić information content (AvgIpc) is 2.82. The first kappa shape index (κ1) is 17.5. The number of aryl methyl sites for hydroxylation is 1. The minimum Gasteiger partial charge on any atom is -0.481 e. The van der Waals surface area contributed by atoms with Gasteiger partial charge in [0.25, 0.3) is 5.91 Å². The minimum absolute atomic E-state index is 0.0881. The van der Waals surface area contributed by atoms with Crippen LogP contribution >= 0.6 is 0 Å². The zero-order chi connectivity index (χ0) is 18.0. The molecule has 7 heteroatoms. The molecule has 2 fully saturated rings. The van der Waals surface area contributed by atoms with E-state index in [1.54, 1.807) is 17.2 Å². The van der Waals surface area contributed by atoms with E-state index in [0.29, 0.717) is 51.3 Å². The number of carboxylic acid groups (broad SMARTS) is 1. The molecule has 2 atom stereocenters. The summed E-state index contributed by atoms with van der Waals surface area (Å²) in [5.41, 5.74) is 0.291. The lowest BCUT2D eigenvalue weighted by Gasteiger charge is -2.29. The van der Waals surface area contributed by atoms with E-state index in [0.717, 1.165) is 5.69 Å². The van der Waals surface area contributed by atoms with Crippen LogP contribution < -0.4 is 0 Å². The van der Waals surface area contributed by atoms with Crippen LogP contribution in [-0.2, 0) is 4.79 Å². The summed E-state index contributed by atoms with van der Waals surface area (Å²) < 4.78 is 0. The maximum Gasteiger partial charge on any atom is 0.311 e. The van der Waals surface area contributed by atoms with E-state index >= 15 is 0 Å². The van der Waals surface area contributed by atoms with Crippen LogP contribution in [0.25, 0.3) is 0 Å². The number of carbonyl (C=O) groups is 2. The van der Waals surface area contributed by atoms with Crippen LogP contribution in [0.15, 0.2) is 25.0 Å². The first-order chi connectivity index (χ1) is 12.0. The van der Waals surface area contributed by atoms with Crippen molar-refractivity contribution in [3.8, 4) is 0 Å². The highest BCUT2D eigenvalue weighted by atomic mass is 16.4. The molecule has 0 aromatic carbocycles. The van der Waals surface area contributed by atoms with Crippen molar-refractivity contribution in [1.29, 1.82) is 0 Å². The second-order valence-electron chi connectivity index (χ2n) is 7.04. The average molecular weight is 344 g/mol. The molecule has 0 unspecified atom stereocenters. The lowest BCUT2D eigenvalue weighted by Crippen LogP contribution is -2.42. The number of fused-ring (bicyclic) bond motifs is 1. The number of nitrogens with zero attached hydrogens (tertiary/aromatic N) is 4. The fourth-order valence-corrected chi connectivity index (χ4v) is 4.06. The van der Waals surface area contributed by atoms with Gasteiger partial charge in [-0.05, 0) is 19.8 Å². The molecular formula is C18H24N4O3. The molecule has 0 radical (unpaired) electrons. The van der Waals surface area contributed by atoms with Crippen LogP contribution in [0.4, 0.5) is 0 Å². The molecule has 25 heavy (non-hydrogen) atoms. The zero-order valence-electron chi connectivity index (χ0n) is 14.5. The Labute approximate surface area is 147 Å². The lowest BCUT2D eigenvalue weighted by molar-refractivity contribution is -0.150. The Morgan fingerprint density at radius 2 is 2.20 bits per heavy atom. The first-order valence-electron chi connectivity index (χ1n) is 8.61. The molecule has 0 spiro atoms. The van der Waals surface area contributed by atoms with Crippen LogP contribution in [0, 0.1) is 18.3 Å². The van der Waals surface area contributed by atoms with Gasteiger partial charge in [-0.25, -0.2) is 4.98 Å². The molecule has 1 aromatic heterocycles. The van der Waals surface area contributed by atoms with Crippen molar-refractivity contribution in [2.24, 2.45) is 11.3 Å². The number of hydrogen-bond donors (Lipinski definition) is 1. The van der Waals surface area contributed by atoms with Gasteiger partial charge < -0.3 is 10.0 Å². The number of carboxylic acids is 1. The summed E-state index contributed by atoms with van der Waals surface area (Å²) in [6, 6.07) is 0. The van der Waals surface area contributed by atoms with Gasteiger partial charge in [-0.1, -0.05) is 6.08 Å². The third-order valence-corrected chi connectivity index (χ3v) is 5.36. The van der Waals surface area contributed by atoms with Gasteiger partial charge in [0.1, 0.15) is 5.69 Å². The van der Waals surface area contributed by atoms with Gasteiger partial charge in [-0.2, -0.15) is 0 Å². The highest BCUT2D eigenvalue weighted by Crippen LogP contribution is 2.43. The molecule has 2 saturated heterocycles. The summed E-state index contributed by atoms with van der Waals surface area (Å²) >= 11 is 0. The van der Waals surface area contributed by atoms with Gasteiger partial charge in [-0.3, -0.25) is 19.5 Å². The number of aromatic nitrogens is 2. The minimum atomic E-state index is -0.781. The molecule has 3 heterocycles. The Morgan fingerprint density at radius 3 is 2.84 bits per heavy atom. The van der Waals surface area contributed by atoms with Crippen molar-refractivity contribution in [3.05, 3.63) is 36.4 Å². The third-order valence-electron chi connectivity index (χ3n) is 5.36. The van der Waals surface area contributed by atoms with Gasteiger partial charge in [0.15, 0.2) is 0 Å². The van der Waals surface area contributed by atoms with Crippen LogP contribution in [-0.4, -0.2) is 69.5 Å². The van der Waals surface area contributed by atoms with Gasteiger partial charge >= 0.3 is 5.97 Å². The zero-order valence-corrected chi connectivity index (χ0v) is 14.5. The summed E-state index contributed by atoms with van der Waals surface area (Å²) in [4.78, 5) is 37.0. The molecule has 1 amide bonds. The SMILES string of the molecule is C=CCN1C[C@@H]2CN(C(=O)c3cnc(C)cn3)CCC[C@]2(C(=O)O)C1. The maximum absolute atomic E-state index is 12.8. The van der Waals surface area contributed by atoms with Crippen molar-refractivity contribution < 1.29 is 14.7 Å². The van der Waals surface area contributed by atoms with Crippen molar-refractivity contribution in [2.45, 2.75) is 19.8 Å². The Hall–Kier alpha value is -2.28. The molecule has 2 aliphatic heterocycles. The van der Waals surface area contributed by atoms with E-state index in [9.17, 15) is 14.7 Å². The van der Waals surface area contributed by atoms with Crippen molar-refractivity contribution in [1.82, 2.24) is 19.8 Å². The summed E-state index contributed by atoms with van der Waals surface area (Å²) in [5.74, 6) is -1.01. The number of likely N-dealkylation sites (tertiary alicyclic amines) is 2. The van der Waals surface area contributed by atoms with Crippen LogP contribution in [0.5, 0.6) is 0 Å². The fraction of sp³-hybridized carbons (Fsp3) is 0.556. The summed E-state index contributed by atoms with van der Waals surface area (Å²) in [7, 11) is 0. The molecule has 2 aliphatic rings. The quantitative estimate of drug-likeness (QED) is 0.826. The molecule has 1 aromatic rings. The van der Waals surface area contributed by atoms with Gasteiger partial charge in [0.2, 0.25) is 0 Å². The Bertz CT molecular complexity index is 675. The first-order valence-corrected chi connectivity index (χ1v) is 8.61. The van der Waals surface area contributed by atoms with Crippen molar-refractivity contribution in [2.75, 3.05) is 32.7 Å². The Balaban J connectivity index is 1.82. The standard InChI is InChI=1S/C18H24N4O3/c1-3-6-21-10-14-11-22(7-4-5-18(14,12-21)17(24)25)16(23)15-9-19-13(2)8-20-15/h3,8-9,14H,1,4-7,10-12H2,2H3,(H,24,25)/t14-,18+/m1/s1. The number of amides is 1. The third kappa shape index (κ3) is 3.28. The molecule has 7 nitrogen and oxygen atoms in total. The number of hydrogen-bond acceptors (Lipinski definition) is 5. The molecule has 0 aliphatic carbocycles. The van der Waals surface area contributed by atoms with E-state index in [1.807, 2.05) is 6.92 Å². The highest BCUT2D eigenvalue weighted by Gasteiger charge is 2.53. The number of carbonyl (C=O) groups excluding carboxylic acids is 1. The predicted molar refractivity (Wildman–Crippen MR) is 92.1 cm³/mol. The normalized spacial score (nSPS) is 26.8. The monoisotopic (exact) mass is 344 g/mol. The Kier molecular flexibility index (Phi) is 4.85. The maximum atomic E-state index is 12.8. The van der Waals surface area contributed by atoms with Gasteiger partial charge in [0, 0.05) is 44.8 Å². The largest absolute Gasteiger partial charge is 0.481 e. The molecular weight excluding hydrogens is 320 g/mol. The molecule has 134 valence electrons. The molecule has 3 rings (SSSR count). The lowest BCUT2D eigenvalue weighted by atomic mass is 9.75. The predicted octanol–water partition coefficient (Wildman–Crippen LogP) is 1.21. The van der Waals surface area contributed by atoms with Gasteiger partial charge in [-0.15, -0.1) is 6.58 Å². The summed E-state index contributed by atoms with van der Waals surface area (Å²) in [6.07, 6.45) is 6.13. The topological polar surface area (TPSA) is 86.6 Å². The summed E-state index contributed by atoms with van der Waals surface area (Å²) in [5, 5.41) is 9.90. The van der Waals surface area contributed by atoms with Gasteiger partial charge in [0.05, 0.1) is 17.3 Å². The van der Waals surface area contributed by atoms with Crippen LogP contribution in [0.2, 0.25) is 0 Å². The fourth-order valence-electron chi connectivity index (χ4n) is 4.06. The number of aliphatic carboxylic acids is 1.